The second-order valence-electron chi connectivity index (χ2n) is 6.06. The van der Waals surface area contributed by atoms with E-state index in [-0.39, 0.29) is 5.41 Å². The van der Waals surface area contributed by atoms with Gasteiger partial charge in [-0.05, 0) is 0 Å². The predicted octanol–water partition coefficient (Wildman–Crippen LogP) is 3.24. The van der Waals surface area contributed by atoms with Crippen LogP contribution >= 0.6 is 18.9 Å². The molecular weight excluding hydrogens is 295 g/mol. The van der Waals surface area contributed by atoms with Gasteiger partial charge < -0.3 is 9.05 Å². The normalized spacial score (nSPS) is 17.2. The molecule has 0 bridgehead atoms. The van der Waals surface area contributed by atoms with Gasteiger partial charge in [0.05, 0.1) is 10.7 Å². The molecule has 1 aromatic rings. The number of fused-ring (bicyclic) bond motifs is 1. The zero-order valence-corrected chi connectivity index (χ0v) is 14.5. The summed E-state index contributed by atoms with van der Waals surface area (Å²) in [5, 5.41) is 1.17. The third-order valence-corrected chi connectivity index (χ3v) is 6.75. The van der Waals surface area contributed by atoms with E-state index in [2.05, 4.69) is 25.7 Å². The average molecular weight is 318 g/mol. The molecule has 5 nitrogen and oxygen atoms in total. The summed E-state index contributed by atoms with van der Waals surface area (Å²) in [6.45, 7) is 8.16. The van der Waals surface area contributed by atoms with Crippen molar-refractivity contribution in [3.63, 3.8) is 0 Å². The molecule has 0 spiro atoms. The van der Waals surface area contributed by atoms with Crippen molar-refractivity contribution in [3.05, 3.63) is 15.6 Å². The van der Waals surface area contributed by atoms with E-state index in [0.717, 1.165) is 19.5 Å². The van der Waals surface area contributed by atoms with E-state index in [4.69, 9.17) is 14.0 Å². The summed E-state index contributed by atoms with van der Waals surface area (Å²) in [6.07, 6.45) is 1.23. The fourth-order valence-corrected chi connectivity index (χ4v) is 4.44. The highest BCUT2D eigenvalue weighted by molar-refractivity contribution is 7.53. The lowest BCUT2D eigenvalue weighted by molar-refractivity contribution is 0.226. The number of thiazole rings is 1. The van der Waals surface area contributed by atoms with Gasteiger partial charge >= 0.3 is 7.60 Å². The Morgan fingerprint density at radius 3 is 2.55 bits per heavy atom. The Morgan fingerprint density at radius 2 is 2.00 bits per heavy atom. The Bertz CT molecular complexity index is 516. The van der Waals surface area contributed by atoms with Gasteiger partial charge in [-0.2, -0.15) is 0 Å². The molecule has 20 heavy (non-hydrogen) atoms. The monoisotopic (exact) mass is 318 g/mol. The van der Waals surface area contributed by atoms with Crippen molar-refractivity contribution < 1.29 is 13.6 Å². The van der Waals surface area contributed by atoms with Crippen molar-refractivity contribution in [2.75, 3.05) is 27.1 Å². The first-order chi connectivity index (χ1) is 9.27. The minimum Gasteiger partial charge on any atom is -0.311 e. The molecule has 0 aliphatic carbocycles. The maximum atomic E-state index is 12.2. The van der Waals surface area contributed by atoms with Crippen LogP contribution in [0.15, 0.2) is 0 Å². The van der Waals surface area contributed by atoms with Gasteiger partial charge in [0.25, 0.3) is 0 Å². The smallest absolute Gasteiger partial charge is 0.311 e. The van der Waals surface area contributed by atoms with Crippen LogP contribution in [0.1, 0.15) is 36.3 Å². The zero-order chi connectivity index (χ0) is 15.0. The predicted molar refractivity (Wildman–Crippen MR) is 81.4 cm³/mol. The second-order valence-corrected chi connectivity index (χ2v) is 9.38. The fourth-order valence-electron chi connectivity index (χ4n) is 2.12. The van der Waals surface area contributed by atoms with Crippen LogP contribution in [0.25, 0.3) is 0 Å². The maximum Gasteiger partial charge on any atom is 0.344 e. The van der Waals surface area contributed by atoms with Crippen molar-refractivity contribution in [3.8, 4) is 0 Å². The van der Waals surface area contributed by atoms with Gasteiger partial charge in [0.15, 0.2) is 0 Å². The summed E-state index contributed by atoms with van der Waals surface area (Å²) in [6, 6.07) is 0. The zero-order valence-electron chi connectivity index (χ0n) is 12.8. The molecular formula is C13H23N2O3PS. The van der Waals surface area contributed by atoms with Crippen LogP contribution in [0.3, 0.4) is 0 Å². The first-order valence-corrected chi connectivity index (χ1v) is 9.24. The van der Waals surface area contributed by atoms with Crippen molar-refractivity contribution in [1.29, 1.82) is 0 Å². The van der Waals surface area contributed by atoms with Gasteiger partial charge in [0, 0.05) is 44.0 Å². The summed E-state index contributed by atoms with van der Waals surface area (Å²) in [5.41, 5.74) is 1.28. The van der Waals surface area contributed by atoms with Crippen molar-refractivity contribution in [2.24, 2.45) is 0 Å². The largest absolute Gasteiger partial charge is 0.344 e. The van der Waals surface area contributed by atoms with Gasteiger partial charge in [-0.15, -0.1) is 11.3 Å². The van der Waals surface area contributed by atoms with Gasteiger partial charge in [0.2, 0.25) is 0 Å². The minimum absolute atomic E-state index is 0.0845. The lowest BCUT2D eigenvalue weighted by Gasteiger charge is -2.28. The first kappa shape index (κ1) is 16.1. The van der Waals surface area contributed by atoms with Crippen LogP contribution in [0.5, 0.6) is 0 Å². The van der Waals surface area contributed by atoms with E-state index in [1.54, 1.807) is 11.3 Å². The number of rotatable bonds is 4. The molecule has 1 aliphatic heterocycles. The highest BCUT2D eigenvalue weighted by atomic mass is 32.1. The highest BCUT2D eigenvalue weighted by Crippen LogP contribution is 2.47. The van der Waals surface area contributed by atoms with Crippen LogP contribution in [0, 0.1) is 0 Å². The lowest BCUT2D eigenvalue weighted by Crippen LogP contribution is -2.31. The molecule has 0 fully saturated rings. The van der Waals surface area contributed by atoms with Crippen LogP contribution in [-0.2, 0) is 32.0 Å². The minimum atomic E-state index is -2.98. The standard InChI is InChI=1S/C13H23N2O3PS/c1-13(2,3)12-14-10-6-7-15(8-11(10)20-12)9-19(16,17-4)18-5/h6-9H2,1-5H3. The van der Waals surface area contributed by atoms with E-state index >= 15 is 0 Å². The third-order valence-electron chi connectivity index (χ3n) is 3.38. The van der Waals surface area contributed by atoms with E-state index in [0.29, 0.717) is 6.29 Å². The molecule has 7 heteroatoms. The number of nitrogens with zero attached hydrogens (tertiary/aromatic N) is 2. The lowest BCUT2D eigenvalue weighted by atomic mass is 9.98. The van der Waals surface area contributed by atoms with Crippen molar-refractivity contribution in [2.45, 2.75) is 39.2 Å². The van der Waals surface area contributed by atoms with E-state index in [1.807, 2.05) is 0 Å². The fraction of sp³-hybridized carbons (Fsp3) is 0.769. The molecule has 1 aromatic heterocycles. The summed E-state index contributed by atoms with van der Waals surface area (Å²) in [7, 11) is -0.108. The highest BCUT2D eigenvalue weighted by Gasteiger charge is 2.30. The molecule has 2 heterocycles. The molecule has 0 aromatic carbocycles. The molecule has 0 saturated carbocycles. The number of hydrogen-bond donors (Lipinski definition) is 0. The Balaban J connectivity index is 2.11. The molecule has 0 amide bonds. The average Bonchev–Trinajstić information content (AvgIpc) is 2.81. The van der Waals surface area contributed by atoms with Crippen molar-refractivity contribution in [1.82, 2.24) is 9.88 Å². The van der Waals surface area contributed by atoms with E-state index in [9.17, 15) is 4.57 Å². The molecule has 0 unspecified atom stereocenters. The Labute approximate surface area is 124 Å². The molecule has 1 aliphatic rings. The maximum absolute atomic E-state index is 12.2. The molecule has 114 valence electrons. The van der Waals surface area contributed by atoms with E-state index in [1.165, 1.54) is 29.8 Å². The van der Waals surface area contributed by atoms with Gasteiger partial charge in [-0.1, -0.05) is 20.8 Å². The molecule has 2 rings (SSSR count). The molecule has 0 atom stereocenters. The van der Waals surface area contributed by atoms with Crippen LogP contribution in [-0.4, -0.2) is 36.9 Å². The van der Waals surface area contributed by atoms with Crippen molar-refractivity contribution >= 4 is 18.9 Å². The third kappa shape index (κ3) is 3.49. The topological polar surface area (TPSA) is 51.7 Å². The summed E-state index contributed by atoms with van der Waals surface area (Å²) in [4.78, 5) is 8.16. The summed E-state index contributed by atoms with van der Waals surface area (Å²) >= 11 is 1.76. The van der Waals surface area contributed by atoms with Crippen LogP contribution in [0.2, 0.25) is 0 Å². The number of hydrogen-bond acceptors (Lipinski definition) is 6. The molecule has 0 radical (unpaired) electrons. The Kier molecular flexibility index (Phi) is 4.72. The van der Waals surface area contributed by atoms with Gasteiger partial charge in [-0.25, -0.2) is 4.98 Å². The molecule has 0 N–H and O–H groups in total. The quantitative estimate of drug-likeness (QED) is 0.798. The van der Waals surface area contributed by atoms with Crippen LogP contribution < -0.4 is 0 Å². The first-order valence-electron chi connectivity index (χ1n) is 6.69. The summed E-state index contributed by atoms with van der Waals surface area (Å²) in [5.74, 6) is 0. The molecule has 0 saturated heterocycles. The van der Waals surface area contributed by atoms with E-state index < -0.39 is 7.60 Å². The van der Waals surface area contributed by atoms with Gasteiger partial charge in [0.1, 0.15) is 6.29 Å². The SMILES string of the molecule is COP(=O)(CN1CCc2nc(C(C)(C)C)sc2C1)OC. The Hall–Kier alpha value is -0.260. The van der Waals surface area contributed by atoms with Crippen LogP contribution in [0.4, 0.5) is 0 Å². The second kappa shape index (κ2) is 5.85. The summed E-state index contributed by atoms with van der Waals surface area (Å²) < 4.78 is 22.2. The van der Waals surface area contributed by atoms with Gasteiger partial charge in [-0.3, -0.25) is 9.46 Å². The Morgan fingerprint density at radius 1 is 1.35 bits per heavy atom. The number of aromatic nitrogens is 1.